The van der Waals surface area contributed by atoms with E-state index < -0.39 is 6.61 Å². The lowest BCUT2D eigenvalue weighted by Crippen LogP contribution is -2.15. The highest BCUT2D eigenvalue weighted by Crippen LogP contribution is 2.32. The van der Waals surface area contributed by atoms with Crippen molar-refractivity contribution in [3.63, 3.8) is 0 Å². The molecule has 0 fully saturated rings. The van der Waals surface area contributed by atoms with E-state index in [1.54, 1.807) is 25.1 Å². The molecule has 0 aliphatic rings. The van der Waals surface area contributed by atoms with Crippen LogP contribution in [0.3, 0.4) is 0 Å². The molecular formula is C19H24F2N2O2. The van der Waals surface area contributed by atoms with E-state index in [9.17, 15) is 8.78 Å². The smallest absolute Gasteiger partial charge is 0.387 e. The number of hydrogen-bond acceptors (Lipinski definition) is 4. The largest absolute Gasteiger partial charge is 0.490 e. The van der Waals surface area contributed by atoms with Crippen LogP contribution in [0.1, 0.15) is 18.1 Å². The summed E-state index contributed by atoms with van der Waals surface area (Å²) in [4.78, 5) is 2.03. The van der Waals surface area contributed by atoms with Crippen LogP contribution < -0.4 is 19.7 Å². The third-order valence-corrected chi connectivity index (χ3v) is 3.66. The molecule has 136 valence electrons. The fourth-order valence-corrected chi connectivity index (χ4v) is 2.45. The van der Waals surface area contributed by atoms with Crippen molar-refractivity contribution in [2.45, 2.75) is 26.6 Å². The number of rotatable bonds is 9. The van der Waals surface area contributed by atoms with Gasteiger partial charge in [0.1, 0.15) is 0 Å². The molecule has 2 aromatic rings. The number of anilines is 1. The highest BCUT2D eigenvalue weighted by Gasteiger charge is 2.15. The normalized spacial score (nSPS) is 10.8. The minimum absolute atomic E-state index is 0.0924. The second-order valence-corrected chi connectivity index (χ2v) is 5.72. The fraction of sp³-hybridized carbons (Fsp3) is 0.368. The Morgan fingerprint density at radius 1 is 1.04 bits per heavy atom. The highest BCUT2D eigenvalue weighted by atomic mass is 19.3. The Balaban J connectivity index is 2.03. The number of halogens is 2. The molecule has 0 aromatic heterocycles. The number of nitrogens with one attached hydrogen (secondary N) is 1. The van der Waals surface area contributed by atoms with Crippen LogP contribution in [0.2, 0.25) is 0 Å². The van der Waals surface area contributed by atoms with Gasteiger partial charge in [0.25, 0.3) is 0 Å². The van der Waals surface area contributed by atoms with Crippen molar-refractivity contribution >= 4 is 5.69 Å². The molecule has 0 heterocycles. The monoisotopic (exact) mass is 350 g/mol. The second-order valence-electron chi connectivity index (χ2n) is 5.72. The minimum Gasteiger partial charge on any atom is -0.490 e. The van der Waals surface area contributed by atoms with Crippen molar-refractivity contribution in [3.8, 4) is 11.5 Å². The van der Waals surface area contributed by atoms with Crippen LogP contribution in [0.25, 0.3) is 0 Å². The fourth-order valence-electron chi connectivity index (χ4n) is 2.45. The van der Waals surface area contributed by atoms with E-state index in [1.807, 2.05) is 43.3 Å². The topological polar surface area (TPSA) is 33.7 Å². The summed E-state index contributed by atoms with van der Waals surface area (Å²) in [5.74, 6) is 0.423. The molecule has 2 rings (SSSR count). The maximum atomic E-state index is 12.7. The zero-order chi connectivity index (χ0) is 18.2. The van der Waals surface area contributed by atoms with E-state index in [0.29, 0.717) is 31.0 Å². The van der Waals surface area contributed by atoms with E-state index in [2.05, 4.69) is 10.1 Å². The lowest BCUT2D eigenvalue weighted by molar-refractivity contribution is -0.0521. The maximum absolute atomic E-state index is 12.7. The van der Waals surface area contributed by atoms with Crippen LogP contribution in [0.5, 0.6) is 11.5 Å². The first-order chi connectivity index (χ1) is 12.0. The van der Waals surface area contributed by atoms with Crippen molar-refractivity contribution in [1.82, 2.24) is 5.32 Å². The van der Waals surface area contributed by atoms with Crippen molar-refractivity contribution in [3.05, 3.63) is 53.6 Å². The van der Waals surface area contributed by atoms with Crippen LogP contribution in [0.4, 0.5) is 14.5 Å². The summed E-state index contributed by atoms with van der Waals surface area (Å²) in [5, 5.41) is 3.26. The van der Waals surface area contributed by atoms with Gasteiger partial charge in [-0.15, -0.1) is 0 Å². The summed E-state index contributed by atoms with van der Waals surface area (Å²) in [7, 11) is 3.98. The number of para-hydroxylation sites is 1. The van der Waals surface area contributed by atoms with Crippen molar-refractivity contribution in [1.29, 1.82) is 0 Å². The molecule has 0 atom stereocenters. The number of benzene rings is 2. The van der Waals surface area contributed by atoms with Gasteiger partial charge in [-0.25, -0.2) is 0 Å². The molecule has 25 heavy (non-hydrogen) atoms. The van der Waals surface area contributed by atoms with Gasteiger partial charge in [0.15, 0.2) is 11.5 Å². The number of nitrogens with zero attached hydrogens (tertiary/aromatic N) is 1. The van der Waals surface area contributed by atoms with Crippen LogP contribution in [-0.2, 0) is 13.1 Å². The highest BCUT2D eigenvalue weighted by molar-refractivity contribution is 5.47. The Hall–Kier alpha value is -2.34. The number of ether oxygens (including phenoxy) is 2. The van der Waals surface area contributed by atoms with Gasteiger partial charge in [-0.05, 0) is 30.7 Å². The Bertz CT molecular complexity index is 661. The molecule has 0 saturated carbocycles. The van der Waals surface area contributed by atoms with Gasteiger partial charge in [0.2, 0.25) is 0 Å². The molecular weight excluding hydrogens is 326 g/mol. The molecule has 6 heteroatoms. The van der Waals surface area contributed by atoms with E-state index >= 15 is 0 Å². The van der Waals surface area contributed by atoms with Gasteiger partial charge < -0.3 is 19.7 Å². The van der Waals surface area contributed by atoms with Gasteiger partial charge in [0.05, 0.1) is 6.61 Å². The third-order valence-electron chi connectivity index (χ3n) is 3.66. The summed E-state index contributed by atoms with van der Waals surface area (Å²) in [6, 6.07) is 13.3. The van der Waals surface area contributed by atoms with Crippen LogP contribution in [0.15, 0.2) is 42.5 Å². The molecule has 2 aromatic carbocycles. The average molecular weight is 350 g/mol. The summed E-state index contributed by atoms with van der Waals surface area (Å²) in [6.45, 7) is 0.321. The summed E-state index contributed by atoms with van der Waals surface area (Å²) >= 11 is 0. The molecule has 0 aliphatic carbocycles. The van der Waals surface area contributed by atoms with Gasteiger partial charge in [-0.3, -0.25) is 0 Å². The quantitative estimate of drug-likeness (QED) is 0.740. The predicted octanol–water partition coefficient (Wildman–Crippen LogP) is 4.04. The lowest BCUT2D eigenvalue weighted by Gasteiger charge is -2.16. The van der Waals surface area contributed by atoms with Crippen molar-refractivity contribution < 1.29 is 18.3 Å². The van der Waals surface area contributed by atoms with Crippen LogP contribution in [-0.4, -0.2) is 27.3 Å². The molecule has 4 nitrogen and oxygen atoms in total. The van der Waals surface area contributed by atoms with Gasteiger partial charge in [-0.2, -0.15) is 8.78 Å². The Morgan fingerprint density at radius 3 is 2.36 bits per heavy atom. The van der Waals surface area contributed by atoms with E-state index in [1.165, 1.54) is 0 Å². The van der Waals surface area contributed by atoms with Gasteiger partial charge in [-0.1, -0.05) is 24.3 Å². The number of alkyl halides is 2. The molecule has 0 spiro atoms. The van der Waals surface area contributed by atoms with Crippen LogP contribution in [0, 0.1) is 0 Å². The molecule has 0 bridgehead atoms. The van der Waals surface area contributed by atoms with E-state index in [-0.39, 0.29) is 5.75 Å². The SMILES string of the molecule is CCOc1cccc(CNCc2ccc(N(C)C)cc2)c1OC(F)F. The van der Waals surface area contributed by atoms with Crippen molar-refractivity contribution in [2.24, 2.45) is 0 Å². The Labute approximate surface area is 147 Å². The molecule has 0 saturated heterocycles. The third kappa shape index (κ3) is 5.60. The lowest BCUT2D eigenvalue weighted by atomic mass is 10.1. The molecule has 0 amide bonds. The minimum atomic E-state index is -2.89. The summed E-state index contributed by atoms with van der Waals surface area (Å²) in [5.41, 5.74) is 2.87. The van der Waals surface area contributed by atoms with Gasteiger partial charge >= 0.3 is 6.61 Å². The zero-order valence-corrected chi connectivity index (χ0v) is 14.8. The van der Waals surface area contributed by atoms with E-state index in [0.717, 1.165) is 11.3 Å². The Morgan fingerprint density at radius 2 is 1.76 bits per heavy atom. The summed E-state index contributed by atoms with van der Waals surface area (Å²) in [6.07, 6.45) is 0. The molecule has 0 radical (unpaired) electrons. The Kier molecular flexibility index (Phi) is 7.01. The molecule has 0 unspecified atom stereocenters. The first kappa shape index (κ1) is 19.0. The average Bonchev–Trinajstić information content (AvgIpc) is 2.58. The van der Waals surface area contributed by atoms with Crippen LogP contribution >= 0.6 is 0 Å². The van der Waals surface area contributed by atoms with Gasteiger partial charge in [0, 0.05) is 38.4 Å². The molecule has 0 aliphatic heterocycles. The standard InChI is InChI=1S/C19H24F2N2O2/c1-4-24-17-7-5-6-15(18(17)25-19(20)21)13-22-12-14-8-10-16(11-9-14)23(2)3/h5-11,19,22H,4,12-13H2,1-3H3. The molecule has 1 N–H and O–H groups in total. The van der Waals surface area contributed by atoms with Crippen molar-refractivity contribution in [2.75, 3.05) is 25.6 Å². The first-order valence-electron chi connectivity index (χ1n) is 8.17. The summed E-state index contributed by atoms with van der Waals surface area (Å²) < 4.78 is 35.5. The second kappa shape index (κ2) is 9.22. The number of hydrogen-bond donors (Lipinski definition) is 1. The zero-order valence-electron chi connectivity index (χ0n) is 14.8. The van der Waals surface area contributed by atoms with E-state index in [4.69, 9.17) is 4.74 Å². The first-order valence-corrected chi connectivity index (χ1v) is 8.17. The predicted molar refractivity (Wildman–Crippen MR) is 95.6 cm³/mol. The maximum Gasteiger partial charge on any atom is 0.387 e.